The van der Waals surface area contributed by atoms with E-state index < -0.39 is 0 Å². The molecule has 0 radical (unpaired) electrons. The van der Waals surface area contributed by atoms with Crippen LogP contribution in [0.4, 0.5) is 0 Å². The first-order chi connectivity index (χ1) is 18.2. The Labute approximate surface area is 236 Å². The molecular formula is C34H64O4. The Kier molecular flexibility index (Phi) is 20.0. The molecule has 1 fully saturated rings. The topological polar surface area (TPSA) is 52.6 Å². The Morgan fingerprint density at radius 1 is 0.526 bits per heavy atom. The number of esters is 2. The first-order valence-corrected chi connectivity index (χ1v) is 16.5. The maximum absolute atomic E-state index is 12.4. The number of hydrogen-bond acceptors (Lipinski definition) is 4. The van der Waals surface area contributed by atoms with Gasteiger partial charge in [0.15, 0.2) is 0 Å². The molecule has 0 N–H and O–H groups in total. The van der Waals surface area contributed by atoms with E-state index in [1.807, 2.05) is 0 Å². The van der Waals surface area contributed by atoms with E-state index in [1.165, 1.54) is 64.2 Å². The molecule has 0 heterocycles. The smallest absolute Gasteiger partial charge is 0.308 e. The maximum Gasteiger partial charge on any atom is 0.308 e. The molecule has 0 spiro atoms. The average molecular weight is 537 g/mol. The normalized spacial score (nSPS) is 19.5. The van der Waals surface area contributed by atoms with Crippen LogP contribution in [0.5, 0.6) is 0 Å². The van der Waals surface area contributed by atoms with Gasteiger partial charge >= 0.3 is 11.9 Å². The highest BCUT2D eigenvalue weighted by Crippen LogP contribution is 2.30. The summed E-state index contributed by atoms with van der Waals surface area (Å²) in [6.45, 7) is 15.0. The summed E-state index contributed by atoms with van der Waals surface area (Å²) >= 11 is 0. The van der Waals surface area contributed by atoms with E-state index in [4.69, 9.17) is 9.47 Å². The monoisotopic (exact) mass is 536 g/mol. The van der Waals surface area contributed by atoms with E-state index in [-0.39, 0.29) is 23.8 Å². The van der Waals surface area contributed by atoms with Crippen LogP contribution in [-0.4, -0.2) is 25.2 Å². The minimum atomic E-state index is -0.0575. The lowest BCUT2D eigenvalue weighted by Crippen LogP contribution is -2.28. The quantitative estimate of drug-likeness (QED) is 0.102. The highest BCUT2D eigenvalue weighted by atomic mass is 16.5. The molecule has 1 rings (SSSR count). The summed E-state index contributed by atoms with van der Waals surface area (Å²) in [5.74, 6) is 3.07. The predicted octanol–water partition coefficient (Wildman–Crippen LogP) is 9.92. The summed E-state index contributed by atoms with van der Waals surface area (Å²) in [6, 6.07) is 0. The van der Waals surface area contributed by atoms with E-state index >= 15 is 0 Å². The molecule has 2 unspecified atom stereocenters. The van der Waals surface area contributed by atoms with Crippen molar-refractivity contribution in [3.8, 4) is 0 Å². The van der Waals surface area contributed by atoms with Gasteiger partial charge in [-0.1, -0.05) is 106 Å². The van der Waals surface area contributed by atoms with Gasteiger partial charge in [-0.05, 0) is 75.0 Å². The maximum atomic E-state index is 12.4. The molecule has 4 nitrogen and oxygen atoms in total. The number of ether oxygens (including phenoxy) is 2. The van der Waals surface area contributed by atoms with Gasteiger partial charge < -0.3 is 9.47 Å². The minimum Gasteiger partial charge on any atom is -0.465 e. The summed E-state index contributed by atoms with van der Waals surface area (Å²) in [6.07, 6.45) is 20.2. The summed E-state index contributed by atoms with van der Waals surface area (Å²) in [5.41, 5.74) is 0. The van der Waals surface area contributed by atoms with Crippen LogP contribution < -0.4 is 0 Å². The largest absolute Gasteiger partial charge is 0.465 e. The third-order valence-corrected chi connectivity index (χ3v) is 8.31. The fourth-order valence-electron chi connectivity index (χ4n) is 6.24. The third-order valence-electron chi connectivity index (χ3n) is 8.31. The molecule has 1 saturated carbocycles. The van der Waals surface area contributed by atoms with E-state index in [2.05, 4.69) is 41.5 Å². The molecule has 4 heteroatoms. The third kappa shape index (κ3) is 18.3. The Bertz CT molecular complexity index is 539. The summed E-state index contributed by atoms with van der Waals surface area (Å²) in [4.78, 5) is 24.9. The molecule has 224 valence electrons. The fourth-order valence-corrected chi connectivity index (χ4v) is 6.24. The standard InChI is InChI=1S/C34H64O4/c1-27(2)25-29(5)17-13-9-7-11-15-23-37-33(35)31-19-21-32(22-20-31)34(36)38-24-16-12-8-10-14-18-30(6)26-28(3)4/h27-32H,7-26H2,1-6H3. The van der Waals surface area contributed by atoms with Gasteiger partial charge in [0.25, 0.3) is 0 Å². The average Bonchev–Trinajstić information content (AvgIpc) is 2.86. The van der Waals surface area contributed by atoms with Crippen molar-refractivity contribution in [2.75, 3.05) is 13.2 Å². The van der Waals surface area contributed by atoms with Gasteiger partial charge in [-0.3, -0.25) is 9.59 Å². The molecule has 0 bridgehead atoms. The lowest BCUT2D eigenvalue weighted by Gasteiger charge is -2.26. The van der Waals surface area contributed by atoms with Crippen molar-refractivity contribution in [1.82, 2.24) is 0 Å². The van der Waals surface area contributed by atoms with Gasteiger partial charge in [0.05, 0.1) is 25.0 Å². The van der Waals surface area contributed by atoms with Crippen LogP contribution in [0.25, 0.3) is 0 Å². The number of rotatable bonds is 22. The van der Waals surface area contributed by atoms with Gasteiger partial charge in [-0.15, -0.1) is 0 Å². The van der Waals surface area contributed by atoms with Crippen molar-refractivity contribution in [2.45, 2.75) is 157 Å². The number of unbranched alkanes of at least 4 members (excludes halogenated alkanes) is 8. The van der Waals surface area contributed by atoms with Crippen LogP contribution in [-0.2, 0) is 19.1 Å². The first kappa shape index (κ1) is 35.0. The Balaban J connectivity index is 1.98. The van der Waals surface area contributed by atoms with Gasteiger partial charge in [0.1, 0.15) is 0 Å². The predicted molar refractivity (Wildman–Crippen MR) is 160 cm³/mol. The van der Waals surface area contributed by atoms with Crippen molar-refractivity contribution >= 4 is 11.9 Å². The van der Waals surface area contributed by atoms with Crippen LogP contribution in [0, 0.1) is 35.5 Å². The van der Waals surface area contributed by atoms with Crippen LogP contribution in [0.1, 0.15) is 157 Å². The molecule has 0 saturated heterocycles. The van der Waals surface area contributed by atoms with Crippen molar-refractivity contribution in [3.63, 3.8) is 0 Å². The Morgan fingerprint density at radius 3 is 1.18 bits per heavy atom. The van der Waals surface area contributed by atoms with Crippen molar-refractivity contribution in [3.05, 3.63) is 0 Å². The molecule has 2 atom stereocenters. The van der Waals surface area contributed by atoms with Crippen LogP contribution in [0.3, 0.4) is 0 Å². The van der Waals surface area contributed by atoms with Crippen LogP contribution >= 0.6 is 0 Å². The van der Waals surface area contributed by atoms with Gasteiger partial charge in [0, 0.05) is 0 Å². The van der Waals surface area contributed by atoms with Crippen LogP contribution in [0.15, 0.2) is 0 Å². The summed E-state index contributed by atoms with van der Waals surface area (Å²) in [7, 11) is 0. The van der Waals surface area contributed by atoms with Gasteiger partial charge in [-0.2, -0.15) is 0 Å². The second-order valence-electron chi connectivity index (χ2n) is 13.5. The highest BCUT2D eigenvalue weighted by molar-refractivity contribution is 5.75. The zero-order valence-corrected chi connectivity index (χ0v) is 26.2. The SMILES string of the molecule is CC(C)CC(C)CCCCCCCOC(=O)C1CCC(C(=O)OCCCCCCCC(C)CC(C)C)CC1. The Morgan fingerprint density at radius 2 is 0.842 bits per heavy atom. The second-order valence-corrected chi connectivity index (χ2v) is 13.5. The van der Waals surface area contributed by atoms with E-state index in [9.17, 15) is 9.59 Å². The summed E-state index contributed by atoms with van der Waals surface area (Å²) in [5, 5.41) is 0. The molecule has 1 aliphatic rings. The van der Waals surface area contributed by atoms with E-state index in [0.29, 0.717) is 13.2 Å². The molecule has 0 aromatic carbocycles. The minimum absolute atomic E-state index is 0.0373. The van der Waals surface area contributed by atoms with Gasteiger partial charge in [0.2, 0.25) is 0 Å². The fraction of sp³-hybridized carbons (Fsp3) is 0.941. The lowest BCUT2D eigenvalue weighted by atomic mass is 9.82. The molecule has 1 aliphatic carbocycles. The molecular weight excluding hydrogens is 472 g/mol. The molecule has 0 aromatic heterocycles. The molecule has 38 heavy (non-hydrogen) atoms. The van der Waals surface area contributed by atoms with Gasteiger partial charge in [-0.25, -0.2) is 0 Å². The molecule has 0 amide bonds. The lowest BCUT2D eigenvalue weighted by molar-refractivity contribution is -0.155. The number of carbonyl (C=O) groups excluding carboxylic acids is 2. The molecule has 0 aromatic rings. The molecule has 0 aliphatic heterocycles. The van der Waals surface area contributed by atoms with E-state index in [1.54, 1.807) is 0 Å². The zero-order valence-electron chi connectivity index (χ0n) is 26.2. The first-order valence-electron chi connectivity index (χ1n) is 16.5. The number of hydrogen-bond donors (Lipinski definition) is 0. The van der Waals surface area contributed by atoms with Crippen molar-refractivity contribution < 1.29 is 19.1 Å². The van der Waals surface area contributed by atoms with E-state index in [0.717, 1.165) is 75.0 Å². The van der Waals surface area contributed by atoms with Crippen LogP contribution in [0.2, 0.25) is 0 Å². The summed E-state index contributed by atoms with van der Waals surface area (Å²) < 4.78 is 11.1. The van der Waals surface area contributed by atoms with Crippen molar-refractivity contribution in [1.29, 1.82) is 0 Å². The van der Waals surface area contributed by atoms with Crippen molar-refractivity contribution in [2.24, 2.45) is 35.5 Å². The Hall–Kier alpha value is -1.06. The second kappa shape index (κ2) is 21.7. The zero-order chi connectivity index (χ0) is 28.2. The highest BCUT2D eigenvalue weighted by Gasteiger charge is 2.31. The number of carbonyl (C=O) groups is 2.